The molecule has 2 heterocycles. The molecule has 1 saturated heterocycles. The van der Waals surface area contributed by atoms with Gasteiger partial charge < -0.3 is 20.1 Å². The summed E-state index contributed by atoms with van der Waals surface area (Å²) >= 11 is 0. The number of aryl methyl sites for hydroxylation is 1. The summed E-state index contributed by atoms with van der Waals surface area (Å²) in [5, 5.41) is 29.1. The Balaban J connectivity index is 2.51. The highest BCUT2D eigenvalue weighted by atomic mass is 16.6. The lowest BCUT2D eigenvalue weighted by Gasteiger charge is -2.27. The molecule has 8 heteroatoms. The Kier molecular flexibility index (Phi) is 3.35. The minimum absolute atomic E-state index is 0.265. The van der Waals surface area contributed by atoms with E-state index in [0.717, 1.165) is 4.57 Å². The van der Waals surface area contributed by atoms with Gasteiger partial charge in [0.25, 0.3) is 5.56 Å². The molecule has 1 aromatic rings. The van der Waals surface area contributed by atoms with Crippen LogP contribution in [0.2, 0.25) is 0 Å². The fraction of sp³-hybridized carbons (Fsp3) is 0.636. The standard InChI is InChI=1S/C11H16N2O6/c1-5-3-13(10(17)12-8(5)16)9-11(2,18)7(15)6(4-14)19-9/h3,6-7,9,14-15,18H,4H2,1-2H3,(H,12,16,17)/t6-,7-,9-,11-/m1/s1. The summed E-state index contributed by atoms with van der Waals surface area (Å²) in [6.07, 6.45) is -2.30. The Morgan fingerprint density at radius 3 is 2.68 bits per heavy atom. The van der Waals surface area contributed by atoms with E-state index < -0.39 is 41.9 Å². The minimum atomic E-state index is -1.76. The molecule has 0 saturated carbocycles. The highest BCUT2D eigenvalue weighted by Crippen LogP contribution is 2.37. The minimum Gasteiger partial charge on any atom is -0.394 e. The Morgan fingerprint density at radius 1 is 1.53 bits per heavy atom. The Labute approximate surface area is 107 Å². The van der Waals surface area contributed by atoms with Gasteiger partial charge in [0.2, 0.25) is 0 Å². The Bertz CT molecular complexity index is 590. The van der Waals surface area contributed by atoms with E-state index >= 15 is 0 Å². The monoisotopic (exact) mass is 272 g/mol. The second-order valence-electron chi connectivity index (χ2n) is 4.86. The molecule has 0 amide bonds. The molecule has 106 valence electrons. The molecule has 1 aliphatic rings. The smallest absolute Gasteiger partial charge is 0.330 e. The van der Waals surface area contributed by atoms with Crippen LogP contribution in [0.1, 0.15) is 18.7 Å². The van der Waals surface area contributed by atoms with Crippen LogP contribution in [0.25, 0.3) is 0 Å². The molecule has 0 aliphatic carbocycles. The van der Waals surface area contributed by atoms with Gasteiger partial charge in [0.1, 0.15) is 17.8 Å². The molecular weight excluding hydrogens is 256 g/mol. The molecule has 0 radical (unpaired) electrons. The van der Waals surface area contributed by atoms with E-state index in [4.69, 9.17) is 9.84 Å². The van der Waals surface area contributed by atoms with Crippen molar-refractivity contribution in [2.24, 2.45) is 0 Å². The SMILES string of the molecule is Cc1cn([C@@H]2O[C@H](CO)[C@@H](O)[C@@]2(C)O)c(=O)[nH]c1=O. The summed E-state index contributed by atoms with van der Waals surface area (Å²) in [4.78, 5) is 25.1. The first-order valence-corrected chi connectivity index (χ1v) is 5.78. The number of hydrogen-bond donors (Lipinski definition) is 4. The van der Waals surface area contributed by atoms with Gasteiger partial charge in [0, 0.05) is 11.8 Å². The molecule has 1 aromatic heterocycles. The second kappa shape index (κ2) is 4.57. The van der Waals surface area contributed by atoms with Gasteiger partial charge in [-0.15, -0.1) is 0 Å². The van der Waals surface area contributed by atoms with E-state index in [1.807, 2.05) is 0 Å². The van der Waals surface area contributed by atoms with E-state index in [2.05, 4.69) is 4.98 Å². The third kappa shape index (κ3) is 2.12. The number of rotatable bonds is 2. The van der Waals surface area contributed by atoms with Crippen LogP contribution in [0.3, 0.4) is 0 Å². The van der Waals surface area contributed by atoms with Crippen LogP contribution in [0.15, 0.2) is 15.8 Å². The van der Waals surface area contributed by atoms with Crippen molar-refractivity contribution in [3.63, 3.8) is 0 Å². The summed E-state index contributed by atoms with van der Waals surface area (Å²) in [7, 11) is 0. The predicted octanol–water partition coefficient (Wildman–Crippen LogP) is -2.15. The molecule has 0 unspecified atom stereocenters. The number of hydrogen-bond acceptors (Lipinski definition) is 6. The van der Waals surface area contributed by atoms with Gasteiger partial charge in [-0.25, -0.2) is 4.79 Å². The maximum absolute atomic E-state index is 11.7. The molecular formula is C11H16N2O6. The van der Waals surface area contributed by atoms with Gasteiger partial charge in [-0.2, -0.15) is 0 Å². The average Bonchev–Trinajstić information content (AvgIpc) is 2.56. The van der Waals surface area contributed by atoms with Crippen molar-refractivity contribution in [1.82, 2.24) is 9.55 Å². The van der Waals surface area contributed by atoms with Crippen LogP contribution in [0.4, 0.5) is 0 Å². The number of nitrogens with zero attached hydrogens (tertiary/aromatic N) is 1. The van der Waals surface area contributed by atoms with Crippen LogP contribution in [-0.4, -0.2) is 49.3 Å². The van der Waals surface area contributed by atoms with Crippen LogP contribution in [0, 0.1) is 6.92 Å². The van der Waals surface area contributed by atoms with Crippen LogP contribution in [-0.2, 0) is 4.74 Å². The van der Waals surface area contributed by atoms with Crippen LogP contribution >= 0.6 is 0 Å². The van der Waals surface area contributed by atoms with Crippen molar-refractivity contribution in [2.75, 3.05) is 6.61 Å². The maximum atomic E-state index is 11.7. The third-order valence-electron chi connectivity index (χ3n) is 3.33. The van der Waals surface area contributed by atoms with Gasteiger partial charge in [0.15, 0.2) is 6.23 Å². The summed E-state index contributed by atoms with van der Waals surface area (Å²) in [5.41, 5.74) is -2.78. The fourth-order valence-electron chi connectivity index (χ4n) is 2.15. The van der Waals surface area contributed by atoms with Crippen molar-refractivity contribution in [3.8, 4) is 0 Å². The number of H-pyrrole nitrogens is 1. The maximum Gasteiger partial charge on any atom is 0.330 e. The van der Waals surface area contributed by atoms with E-state index in [1.165, 1.54) is 20.0 Å². The van der Waals surface area contributed by atoms with E-state index in [1.54, 1.807) is 0 Å². The van der Waals surface area contributed by atoms with E-state index in [0.29, 0.717) is 0 Å². The number of aliphatic hydroxyl groups is 3. The topological polar surface area (TPSA) is 125 Å². The molecule has 1 fully saturated rings. The summed E-state index contributed by atoms with van der Waals surface area (Å²) < 4.78 is 6.29. The number of ether oxygens (including phenoxy) is 1. The van der Waals surface area contributed by atoms with Crippen molar-refractivity contribution in [1.29, 1.82) is 0 Å². The van der Waals surface area contributed by atoms with Crippen molar-refractivity contribution in [2.45, 2.75) is 37.9 Å². The largest absolute Gasteiger partial charge is 0.394 e. The lowest BCUT2D eigenvalue weighted by atomic mass is 9.96. The molecule has 4 N–H and O–H groups in total. The first-order chi connectivity index (χ1) is 8.78. The highest BCUT2D eigenvalue weighted by molar-refractivity contribution is 5.05. The van der Waals surface area contributed by atoms with Crippen molar-refractivity contribution in [3.05, 3.63) is 32.6 Å². The molecule has 2 rings (SSSR count). The van der Waals surface area contributed by atoms with Gasteiger partial charge in [-0.3, -0.25) is 14.3 Å². The predicted molar refractivity (Wildman–Crippen MR) is 63.7 cm³/mol. The average molecular weight is 272 g/mol. The molecule has 0 spiro atoms. The highest BCUT2D eigenvalue weighted by Gasteiger charge is 2.53. The summed E-state index contributed by atoms with van der Waals surface area (Å²) in [6, 6.07) is 0. The third-order valence-corrected chi connectivity index (χ3v) is 3.33. The van der Waals surface area contributed by atoms with Crippen molar-refractivity contribution < 1.29 is 20.1 Å². The summed E-state index contributed by atoms with van der Waals surface area (Å²) in [5.74, 6) is 0. The Hall–Kier alpha value is -1.48. The van der Waals surface area contributed by atoms with E-state index in [-0.39, 0.29) is 5.56 Å². The normalized spacial score (nSPS) is 34.7. The summed E-state index contributed by atoms with van der Waals surface area (Å²) in [6.45, 7) is 2.30. The van der Waals surface area contributed by atoms with Crippen LogP contribution < -0.4 is 11.2 Å². The molecule has 1 aliphatic heterocycles. The van der Waals surface area contributed by atoms with Gasteiger partial charge in [-0.1, -0.05) is 0 Å². The second-order valence-corrected chi connectivity index (χ2v) is 4.86. The quantitative estimate of drug-likeness (QED) is 0.486. The number of aromatic amines is 1. The first kappa shape index (κ1) is 13.9. The number of aliphatic hydroxyl groups excluding tert-OH is 2. The lowest BCUT2D eigenvalue weighted by molar-refractivity contribution is -0.0988. The van der Waals surface area contributed by atoms with E-state index in [9.17, 15) is 19.8 Å². The zero-order valence-corrected chi connectivity index (χ0v) is 10.5. The zero-order valence-electron chi connectivity index (χ0n) is 10.5. The number of aromatic nitrogens is 2. The van der Waals surface area contributed by atoms with Gasteiger partial charge >= 0.3 is 5.69 Å². The molecule has 8 nitrogen and oxygen atoms in total. The number of nitrogens with one attached hydrogen (secondary N) is 1. The first-order valence-electron chi connectivity index (χ1n) is 5.78. The zero-order chi connectivity index (χ0) is 14.4. The molecule has 0 bridgehead atoms. The van der Waals surface area contributed by atoms with Crippen molar-refractivity contribution >= 4 is 0 Å². The fourth-order valence-corrected chi connectivity index (χ4v) is 2.15. The molecule has 4 atom stereocenters. The Morgan fingerprint density at radius 2 is 2.16 bits per heavy atom. The molecule has 0 aromatic carbocycles. The lowest BCUT2D eigenvalue weighted by Crippen LogP contribution is -2.47. The van der Waals surface area contributed by atoms with Crippen LogP contribution in [0.5, 0.6) is 0 Å². The molecule has 19 heavy (non-hydrogen) atoms. The van der Waals surface area contributed by atoms with Gasteiger partial charge in [-0.05, 0) is 13.8 Å². The van der Waals surface area contributed by atoms with Gasteiger partial charge in [0.05, 0.1) is 6.61 Å².